The molecule has 4 aromatic rings. The fraction of sp³-hybridized carbons (Fsp3) is 0.188. The van der Waals surface area contributed by atoms with Crippen LogP contribution in [-0.2, 0) is 4.79 Å². The molecule has 1 aromatic heterocycles. The van der Waals surface area contributed by atoms with Crippen LogP contribution in [0.4, 0.5) is 15.8 Å². The first-order valence-corrected chi connectivity index (χ1v) is 13.8. The number of hydrogen-bond acceptors (Lipinski definition) is 6. The number of halogens is 1. The van der Waals surface area contributed by atoms with Crippen LogP contribution in [0.1, 0.15) is 45.6 Å². The Morgan fingerprint density at radius 3 is 2.40 bits per heavy atom. The molecule has 0 saturated carbocycles. The van der Waals surface area contributed by atoms with E-state index in [-0.39, 0.29) is 29.8 Å². The number of ether oxygens (including phenoxy) is 2. The molecule has 2 heterocycles. The maximum Gasteiger partial charge on any atom is 0.269 e. The number of Topliss-reactive ketones (excluding diaryl/α,β-unsaturated/α-hetero) is 1. The van der Waals surface area contributed by atoms with E-state index in [0.717, 1.165) is 16.9 Å². The van der Waals surface area contributed by atoms with Crippen LogP contribution in [0, 0.1) is 5.82 Å². The number of carbonyl (C=O) groups is 2. The summed E-state index contributed by atoms with van der Waals surface area (Å²) in [6, 6.07) is 22.2. The number of amides is 1. The van der Waals surface area contributed by atoms with Crippen molar-refractivity contribution in [1.82, 2.24) is 0 Å². The Balaban J connectivity index is 1.52. The van der Waals surface area contributed by atoms with E-state index in [9.17, 15) is 14.0 Å². The molecule has 3 aromatic carbocycles. The van der Waals surface area contributed by atoms with Gasteiger partial charge < -0.3 is 14.8 Å². The van der Waals surface area contributed by atoms with Crippen LogP contribution in [0.25, 0.3) is 0 Å². The average Bonchev–Trinajstić information content (AvgIpc) is 3.47. The number of methoxy groups -OCH3 is 2. The highest BCUT2D eigenvalue weighted by atomic mass is 32.1. The fourth-order valence-corrected chi connectivity index (χ4v) is 6.30. The van der Waals surface area contributed by atoms with Crippen LogP contribution >= 0.6 is 11.3 Å². The van der Waals surface area contributed by atoms with Crippen LogP contribution in [0.15, 0.2) is 95.5 Å². The summed E-state index contributed by atoms with van der Waals surface area (Å²) in [6.07, 6.45) is 0.800. The van der Waals surface area contributed by atoms with Gasteiger partial charge in [0.25, 0.3) is 5.91 Å². The lowest BCUT2D eigenvalue weighted by molar-refractivity contribution is -0.116. The normalized spacial score (nSPS) is 18.4. The molecule has 0 fully saturated rings. The molecule has 8 heteroatoms. The standard InChI is InChI=1S/C32H27FN2O4S/c1-38-27-14-11-20(18-28(27)39-2)21-16-24-30(26(36)17-21)31(19-9-12-22(33)13-10-19)35(32(37)29-8-5-15-40-29)25-7-4-3-6-23(25)34-24/h3-15,18,21,31,34H,16-17H2,1-2H3/t21-,31-/m1/s1. The van der Waals surface area contributed by atoms with Crippen molar-refractivity contribution in [3.05, 3.63) is 117 Å². The van der Waals surface area contributed by atoms with Gasteiger partial charge >= 0.3 is 0 Å². The number of ketones is 1. The van der Waals surface area contributed by atoms with Crippen LogP contribution in [-0.4, -0.2) is 25.9 Å². The summed E-state index contributed by atoms with van der Waals surface area (Å²) in [4.78, 5) is 30.5. The maximum atomic E-state index is 14.1. The number of thiophene rings is 1. The van der Waals surface area contributed by atoms with Crippen molar-refractivity contribution in [2.24, 2.45) is 0 Å². The van der Waals surface area contributed by atoms with Crippen molar-refractivity contribution in [2.45, 2.75) is 24.8 Å². The molecule has 202 valence electrons. The van der Waals surface area contributed by atoms with Gasteiger partial charge in [0.15, 0.2) is 17.3 Å². The molecule has 0 spiro atoms. The van der Waals surface area contributed by atoms with Gasteiger partial charge in [-0.1, -0.05) is 36.4 Å². The number of anilines is 2. The summed E-state index contributed by atoms with van der Waals surface area (Å²) in [7, 11) is 3.18. The minimum Gasteiger partial charge on any atom is -0.493 e. The minimum absolute atomic E-state index is 0.0698. The molecule has 0 saturated heterocycles. The Morgan fingerprint density at radius 1 is 0.925 bits per heavy atom. The van der Waals surface area contributed by atoms with Crippen LogP contribution in [0.2, 0.25) is 0 Å². The van der Waals surface area contributed by atoms with Gasteiger partial charge in [-0.05, 0) is 71.3 Å². The molecular formula is C32H27FN2O4S. The molecule has 1 amide bonds. The summed E-state index contributed by atoms with van der Waals surface area (Å²) in [5.74, 6) is 0.433. The zero-order valence-electron chi connectivity index (χ0n) is 22.0. The van der Waals surface area contributed by atoms with Gasteiger partial charge in [0.1, 0.15) is 5.82 Å². The monoisotopic (exact) mass is 554 g/mol. The molecule has 6 nitrogen and oxygen atoms in total. The van der Waals surface area contributed by atoms with Crippen molar-refractivity contribution >= 4 is 34.4 Å². The lowest BCUT2D eigenvalue weighted by Crippen LogP contribution is -2.38. The summed E-state index contributed by atoms with van der Waals surface area (Å²) >= 11 is 1.35. The van der Waals surface area contributed by atoms with E-state index in [2.05, 4.69) is 5.32 Å². The van der Waals surface area contributed by atoms with Crippen LogP contribution < -0.4 is 19.7 Å². The maximum absolute atomic E-state index is 14.1. The second kappa shape index (κ2) is 10.6. The third-order valence-electron chi connectivity index (χ3n) is 7.50. The highest BCUT2D eigenvalue weighted by Gasteiger charge is 2.42. The topological polar surface area (TPSA) is 67.9 Å². The summed E-state index contributed by atoms with van der Waals surface area (Å²) in [5, 5.41) is 5.38. The molecule has 2 atom stereocenters. The van der Waals surface area contributed by atoms with Gasteiger partial charge in [0.05, 0.1) is 36.5 Å². The predicted molar refractivity (Wildman–Crippen MR) is 154 cm³/mol. The van der Waals surface area contributed by atoms with Crippen molar-refractivity contribution in [3.63, 3.8) is 0 Å². The molecule has 1 N–H and O–H groups in total. The molecule has 1 aliphatic carbocycles. The van der Waals surface area contributed by atoms with Crippen molar-refractivity contribution in [2.75, 3.05) is 24.4 Å². The Hall–Kier alpha value is -4.43. The van der Waals surface area contributed by atoms with E-state index in [1.807, 2.05) is 53.9 Å². The Labute approximate surface area is 235 Å². The number of hydrogen-bond donors (Lipinski definition) is 1. The third-order valence-corrected chi connectivity index (χ3v) is 8.36. The van der Waals surface area contributed by atoms with Crippen molar-refractivity contribution in [1.29, 1.82) is 0 Å². The van der Waals surface area contributed by atoms with Crippen LogP contribution in [0.3, 0.4) is 0 Å². The van der Waals surface area contributed by atoms with E-state index in [0.29, 0.717) is 39.6 Å². The van der Waals surface area contributed by atoms with Gasteiger partial charge in [-0.3, -0.25) is 14.5 Å². The Morgan fingerprint density at radius 2 is 1.68 bits per heavy atom. The highest BCUT2D eigenvalue weighted by Crippen LogP contribution is 2.48. The van der Waals surface area contributed by atoms with E-state index in [1.54, 1.807) is 37.3 Å². The number of nitrogens with one attached hydrogen (secondary N) is 1. The van der Waals surface area contributed by atoms with E-state index < -0.39 is 6.04 Å². The number of fused-ring (bicyclic) bond motifs is 1. The van der Waals surface area contributed by atoms with Gasteiger partial charge in [-0.25, -0.2) is 4.39 Å². The van der Waals surface area contributed by atoms with Crippen molar-refractivity contribution in [3.8, 4) is 11.5 Å². The molecule has 40 heavy (non-hydrogen) atoms. The zero-order valence-corrected chi connectivity index (χ0v) is 22.8. The quantitative estimate of drug-likeness (QED) is 0.285. The number of nitrogens with zero attached hydrogens (tertiary/aromatic N) is 1. The highest BCUT2D eigenvalue weighted by molar-refractivity contribution is 7.12. The van der Waals surface area contributed by atoms with E-state index in [1.165, 1.54) is 23.5 Å². The molecule has 6 rings (SSSR count). The molecular weight excluding hydrogens is 527 g/mol. The number of benzene rings is 3. The largest absolute Gasteiger partial charge is 0.493 e. The molecule has 0 radical (unpaired) electrons. The van der Waals surface area contributed by atoms with E-state index in [4.69, 9.17) is 9.47 Å². The number of para-hydroxylation sites is 2. The smallest absolute Gasteiger partial charge is 0.269 e. The fourth-order valence-electron chi connectivity index (χ4n) is 5.64. The van der Waals surface area contributed by atoms with Crippen LogP contribution in [0.5, 0.6) is 11.5 Å². The SMILES string of the molecule is COc1ccc([C@H]2CC(=O)C3=C(C2)Nc2ccccc2N(C(=O)c2cccs2)[C@@H]3c2ccc(F)cc2)cc1OC. The van der Waals surface area contributed by atoms with Gasteiger partial charge in [-0.2, -0.15) is 0 Å². The average molecular weight is 555 g/mol. The molecule has 0 unspecified atom stereocenters. The number of rotatable bonds is 5. The van der Waals surface area contributed by atoms with E-state index >= 15 is 0 Å². The first kappa shape index (κ1) is 25.8. The predicted octanol–water partition coefficient (Wildman–Crippen LogP) is 7.12. The Kier molecular flexibility index (Phi) is 6.86. The van der Waals surface area contributed by atoms with Crippen molar-refractivity contribution < 1.29 is 23.5 Å². The number of carbonyl (C=O) groups excluding carboxylic acids is 2. The third kappa shape index (κ3) is 4.54. The van der Waals surface area contributed by atoms with Gasteiger partial charge in [0.2, 0.25) is 0 Å². The lowest BCUT2D eigenvalue weighted by Gasteiger charge is -2.35. The lowest BCUT2D eigenvalue weighted by atomic mass is 9.78. The number of allylic oxidation sites excluding steroid dienone is 1. The first-order chi connectivity index (χ1) is 19.5. The Bertz CT molecular complexity index is 1610. The summed E-state index contributed by atoms with van der Waals surface area (Å²) < 4.78 is 24.9. The zero-order chi connectivity index (χ0) is 27.8. The van der Waals surface area contributed by atoms with Gasteiger partial charge in [-0.15, -0.1) is 11.3 Å². The second-order valence-electron chi connectivity index (χ2n) is 9.78. The summed E-state index contributed by atoms with van der Waals surface area (Å²) in [6.45, 7) is 0. The molecule has 2 aliphatic rings. The molecule has 0 bridgehead atoms. The second-order valence-corrected chi connectivity index (χ2v) is 10.7. The molecule has 1 aliphatic heterocycles. The van der Waals surface area contributed by atoms with Gasteiger partial charge in [0, 0.05) is 17.7 Å². The minimum atomic E-state index is -0.736. The first-order valence-electron chi connectivity index (χ1n) is 12.9. The summed E-state index contributed by atoms with van der Waals surface area (Å²) in [5.41, 5.74) is 4.27.